The first kappa shape index (κ1) is 13.6. The Morgan fingerprint density at radius 3 is 2.16 bits per heavy atom. The van der Waals surface area contributed by atoms with E-state index in [4.69, 9.17) is 10.5 Å². The first-order chi connectivity index (χ1) is 9.10. The van der Waals surface area contributed by atoms with Crippen molar-refractivity contribution >= 4 is 0 Å². The van der Waals surface area contributed by atoms with Crippen LogP contribution in [0.4, 0.5) is 0 Å². The second kappa shape index (κ2) is 5.89. The molecule has 0 aliphatic carbocycles. The zero-order chi connectivity index (χ0) is 13.8. The lowest BCUT2D eigenvalue weighted by Gasteiger charge is -2.12. The molecule has 2 N–H and O–H groups in total. The van der Waals surface area contributed by atoms with E-state index in [1.54, 1.807) is 0 Å². The van der Waals surface area contributed by atoms with Gasteiger partial charge in [-0.25, -0.2) is 0 Å². The van der Waals surface area contributed by atoms with Gasteiger partial charge in [0.1, 0.15) is 11.5 Å². The molecule has 0 aliphatic rings. The molecule has 0 amide bonds. The second-order valence-electron chi connectivity index (χ2n) is 5.12. The van der Waals surface area contributed by atoms with Crippen LogP contribution < -0.4 is 10.5 Å². The van der Waals surface area contributed by atoms with Gasteiger partial charge in [-0.1, -0.05) is 32.0 Å². The SMILES string of the molecule is Cc1cc(Oc2ccc(CN)cc2)ccc1C(C)C. The van der Waals surface area contributed by atoms with Gasteiger partial charge in [0.15, 0.2) is 0 Å². The van der Waals surface area contributed by atoms with Crippen molar-refractivity contribution in [1.82, 2.24) is 0 Å². The van der Waals surface area contributed by atoms with Crippen molar-refractivity contribution in [2.24, 2.45) is 5.73 Å². The summed E-state index contributed by atoms with van der Waals surface area (Å²) in [5.41, 5.74) is 9.32. The minimum absolute atomic E-state index is 0.540. The Balaban J connectivity index is 2.16. The Hall–Kier alpha value is -1.80. The van der Waals surface area contributed by atoms with Crippen molar-refractivity contribution in [2.75, 3.05) is 0 Å². The second-order valence-corrected chi connectivity index (χ2v) is 5.12. The van der Waals surface area contributed by atoms with E-state index < -0.39 is 0 Å². The largest absolute Gasteiger partial charge is 0.457 e. The van der Waals surface area contributed by atoms with Crippen LogP contribution in [-0.4, -0.2) is 0 Å². The van der Waals surface area contributed by atoms with E-state index in [9.17, 15) is 0 Å². The number of benzene rings is 2. The van der Waals surface area contributed by atoms with Crippen molar-refractivity contribution in [2.45, 2.75) is 33.2 Å². The number of aryl methyl sites for hydroxylation is 1. The smallest absolute Gasteiger partial charge is 0.127 e. The molecule has 2 heteroatoms. The van der Waals surface area contributed by atoms with Crippen LogP contribution in [0.15, 0.2) is 42.5 Å². The Morgan fingerprint density at radius 2 is 1.63 bits per heavy atom. The Kier molecular flexibility index (Phi) is 4.23. The summed E-state index contributed by atoms with van der Waals surface area (Å²) in [6, 6.07) is 14.1. The summed E-state index contributed by atoms with van der Waals surface area (Å²) in [7, 11) is 0. The van der Waals surface area contributed by atoms with Crippen LogP contribution >= 0.6 is 0 Å². The monoisotopic (exact) mass is 255 g/mol. The number of ether oxygens (including phenoxy) is 1. The molecule has 0 fully saturated rings. The summed E-state index contributed by atoms with van der Waals surface area (Å²) >= 11 is 0. The van der Waals surface area contributed by atoms with Gasteiger partial charge in [0, 0.05) is 6.54 Å². The van der Waals surface area contributed by atoms with Gasteiger partial charge in [-0.05, 0) is 53.8 Å². The molecule has 100 valence electrons. The molecule has 0 unspecified atom stereocenters. The zero-order valence-corrected chi connectivity index (χ0v) is 11.8. The molecule has 2 nitrogen and oxygen atoms in total. The summed E-state index contributed by atoms with van der Waals surface area (Å²) in [6.45, 7) is 7.09. The number of hydrogen-bond acceptors (Lipinski definition) is 2. The number of hydrogen-bond donors (Lipinski definition) is 1. The first-order valence-corrected chi connectivity index (χ1v) is 6.67. The average Bonchev–Trinajstić information content (AvgIpc) is 2.39. The minimum atomic E-state index is 0.540. The van der Waals surface area contributed by atoms with E-state index >= 15 is 0 Å². The van der Waals surface area contributed by atoms with Gasteiger partial charge in [-0.3, -0.25) is 0 Å². The lowest BCUT2D eigenvalue weighted by molar-refractivity contribution is 0.481. The van der Waals surface area contributed by atoms with Crippen molar-refractivity contribution in [1.29, 1.82) is 0 Å². The molecule has 19 heavy (non-hydrogen) atoms. The van der Waals surface area contributed by atoms with Crippen molar-refractivity contribution < 1.29 is 4.74 Å². The van der Waals surface area contributed by atoms with Gasteiger partial charge in [0.05, 0.1) is 0 Å². The van der Waals surface area contributed by atoms with E-state index in [0.29, 0.717) is 12.5 Å². The normalized spacial score (nSPS) is 10.8. The maximum absolute atomic E-state index is 5.85. The van der Waals surface area contributed by atoms with Crippen LogP contribution in [0.25, 0.3) is 0 Å². The molecule has 0 aliphatic heterocycles. The molecule has 0 saturated heterocycles. The van der Waals surface area contributed by atoms with Crippen molar-refractivity contribution in [3.05, 3.63) is 59.2 Å². The molecule has 2 aromatic rings. The van der Waals surface area contributed by atoms with Crippen LogP contribution in [0.2, 0.25) is 0 Å². The first-order valence-electron chi connectivity index (χ1n) is 6.67. The highest BCUT2D eigenvalue weighted by Gasteiger charge is 2.05. The average molecular weight is 255 g/mol. The third-order valence-corrected chi connectivity index (χ3v) is 3.26. The maximum atomic E-state index is 5.85. The molecular formula is C17H21NO. The lowest BCUT2D eigenvalue weighted by Crippen LogP contribution is -1.96. The maximum Gasteiger partial charge on any atom is 0.127 e. The van der Waals surface area contributed by atoms with Crippen molar-refractivity contribution in [3.8, 4) is 11.5 Å². The third kappa shape index (κ3) is 3.36. The van der Waals surface area contributed by atoms with Gasteiger partial charge < -0.3 is 10.5 Å². The standard InChI is InChI=1S/C17H21NO/c1-12(2)17-9-8-16(10-13(17)3)19-15-6-4-14(11-18)5-7-15/h4-10,12H,11,18H2,1-3H3. The predicted octanol–water partition coefficient (Wildman–Crippen LogP) is 4.37. The Bertz CT molecular complexity index is 544. The number of nitrogens with two attached hydrogens (primary N) is 1. The predicted molar refractivity (Wildman–Crippen MR) is 79.7 cm³/mol. The van der Waals surface area contributed by atoms with E-state index in [-0.39, 0.29) is 0 Å². The summed E-state index contributed by atoms with van der Waals surface area (Å²) < 4.78 is 5.85. The van der Waals surface area contributed by atoms with E-state index in [2.05, 4.69) is 32.9 Å². The highest BCUT2D eigenvalue weighted by atomic mass is 16.5. The van der Waals surface area contributed by atoms with Gasteiger partial charge in [0.2, 0.25) is 0 Å². The van der Waals surface area contributed by atoms with E-state index in [1.807, 2.05) is 30.3 Å². The van der Waals surface area contributed by atoms with Gasteiger partial charge in [-0.15, -0.1) is 0 Å². The van der Waals surface area contributed by atoms with Crippen LogP contribution in [0, 0.1) is 6.92 Å². The van der Waals surface area contributed by atoms with E-state index in [0.717, 1.165) is 17.1 Å². The fourth-order valence-electron chi connectivity index (χ4n) is 2.19. The Morgan fingerprint density at radius 1 is 1.00 bits per heavy atom. The Labute approximate surface area is 115 Å². The molecule has 0 saturated carbocycles. The highest BCUT2D eigenvalue weighted by molar-refractivity contribution is 5.39. The molecule has 0 radical (unpaired) electrons. The van der Waals surface area contributed by atoms with Crippen LogP contribution in [0.3, 0.4) is 0 Å². The summed E-state index contributed by atoms with van der Waals surface area (Å²) in [5, 5.41) is 0. The highest BCUT2D eigenvalue weighted by Crippen LogP contribution is 2.27. The van der Waals surface area contributed by atoms with Crippen LogP contribution in [-0.2, 0) is 6.54 Å². The fourth-order valence-corrected chi connectivity index (χ4v) is 2.19. The summed E-state index contributed by atoms with van der Waals surface area (Å²) in [4.78, 5) is 0. The minimum Gasteiger partial charge on any atom is -0.457 e. The fraction of sp³-hybridized carbons (Fsp3) is 0.294. The lowest BCUT2D eigenvalue weighted by atomic mass is 9.98. The summed E-state index contributed by atoms with van der Waals surface area (Å²) in [6.07, 6.45) is 0. The third-order valence-electron chi connectivity index (χ3n) is 3.26. The number of rotatable bonds is 4. The molecular weight excluding hydrogens is 234 g/mol. The zero-order valence-electron chi connectivity index (χ0n) is 11.8. The molecule has 0 aromatic heterocycles. The van der Waals surface area contributed by atoms with Crippen LogP contribution in [0.1, 0.15) is 36.5 Å². The molecule has 0 spiro atoms. The van der Waals surface area contributed by atoms with E-state index in [1.165, 1.54) is 11.1 Å². The summed E-state index contributed by atoms with van der Waals surface area (Å²) in [5.74, 6) is 2.26. The molecule has 2 aromatic carbocycles. The molecule has 0 heterocycles. The molecule has 0 bridgehead atoms. The van der Waals surface area contributed by atoms with Gasteiger partial charge >= 0.3 is 0 Å². The molecule has 2 rings (SSSR count). The topological polar surface area (TPSA) is 35.2 Å². The quantitative estimate of drug-likeness (QED) is 0.880. The van der Waals surface area contributed by atoms with Gasteiger partial charge in [-0.2, -0.15) is 0 Å². The van der Waals surface area contributed by atoms with Crippen LogP contribution in [0.5, 0.6) is 11.5 Å². The van der Waals surface area contributed by atoms with Crippen molar-refractivity contribution in [3.63, 3.8) is 0 Å². The molecule has 0 atom stereocenters. The van der Waals surface area contributed by atoms with Gasteiger partial charge in [0.25, 0.3) is 0 Å².